The average Bonchev–Trinajstić information content (AvgIpc) is 3.20. The molecule has 2 aromatic carbocycles. The molecule has 0 saturated carbocycles. The van der Waals surface area contributed by atoms with Crippen molar-refractivity contribution >= 4 is 23.4 Å². The molecule has 132 valence electrons. The number of nitrogens with zero attached hydrogens (tertiary/aromatic N) is 1. The lowest BCUT2D eigenvalue weighted by atomic mass is 10.1. The second-order valence-corrected chi connectivity index (χ2v) is 6.88. The lowest BCUT2D eigenvalue weighted by Gasteiger charge is -2.14. The summed E-state index contributed by atoms with van der Waals surface area (Å²) >= 11 is 0. The van der Waals surface area contributed by atoms with Crippen molar-refractivity contribution in [3.8, 4) is 5.69 Å². The van der Waals surface area contributed by atoms with Crippen LogP contribution in [0.15, 0.2) is 65.2 Å². The van der Waals surface area contributed by atoms with Crippen LogP contribution in [-0.4, -0.2) is 4.57 Å². The number of halogens is 1. The molecule has 0 radical (unpaired) electrons. The number of aromatic nitrogens is 1. The van der Waals surface area contributed by atoms with Crippen molar-refractivity contribution in [1.82, 2.24) is 9.88 Å². The number of hydrogen-bond donors (Lipinski definition) is 1. The van der Waals surface area contributed by atoms with Gasteiger partial charge < -0.3 is 8.98 Å². The highest BCUT2D eigenvalue weighted by atomic mass is 35.5. The van der Waals surface area contributed by atoms with E-state index < -0.39 is 0 Å². The smallest absolute Gasteiger partial charge is 0.134 e. The van der Waals surface area contributed by atoms with Gasteiger partial charge in [-0.25, -0.2) is 0 Å². The maximum absolute atomic E-state index is 6.22. The molecule has 0 aliphatic carbocycles. The fraction of sp³-hybridized carbons (Fsp3) is 0.182. The zero-order valence-electron chi connectivity index (χ0n) is 14.8. The van der Waals surface area contributed by atoms with Gasteiger partial charge in [-0.2, -0.15) is 0 Å². The van der Waals surface area contributed by atoms with E-state index in [4.69, 9.17) is 4.42 Å². The van der Waals surface area contributed by atoms with Gasteiger partial charge in [-0.15, -0.1) is 12.4 Å². The fourth-order valence-corrected chi connectivity index (χ4v) is 3.85. The van der Waals surface area contributed by atoms with Gasteiger partial charge in [-0.1, -0.05) is 24.3 Å². The van der Waals surface area contributed by atoms with Crippen LogP contribution in [0.25, 0.3) is 16.7 Å². The van der Waals surface area contributed by atoms with Gasteiger partial charge in [-0.05, 0) is 60.9 Å². The summed E-state index contributed by atoms with van der Waals surface area (Å²) in [5.41, 5.74) is 7.28. The fourth-order valence-electron chi connectivity index (χ4n) is 3.85. The number of nitrogens with one attached hydrogen (secondary N) is 1. The Bertz CT molecular complexity index is 1090. The van der Waals surface area contributed by atoms with Gasteiger partial charge in [-0.3, -0.25) is 5.32 Å². The molecule has 3 heterocycles. The van der Waals surface area contributed by atoms with Crippen LogP contribution in [0, 0.1) is 13.8 Å². The number of fused-ring (bicyclic) bond motifs is 4. The van der Waals surface area contributed by atoms with Crippen molar-refractivity contribution in [2.24, 2.45) is 0 Å². The van der Waals surface area contributed by atoms with Crippen molar-refractivity contribution in [2.75, 3.05) is 0 Å². The van der Waals surface area contributed by atoms with Crippen LogP contribution in [-0.2, 0) is 6.54 Å². The molecule has 0 bridgehead atoms. The molecule has 2 aromatic heterocycles. The highest BCUT2D eigenvalue weighted by Gasteiger charge is 2.26. The van der Waals surface area contributed by atoms with E-state index in [-0.39, 0.29) is 18.4 Å². The molecule has 1 atom stereocenters. The molecule has 4 aromatic rings. The van der Waals surface area contributed by atoms with Gasteiger partial charge in [0.2, 0.25) is 0 Å². The first kappa shape index (κ1) is 17.0. The third kappa shape index (κ3) is 2.56. The summed E-state index contributed by atoms with van der Waals surface area (Å²) in [5, 5.41) is 4.85. The van der Waals surface area contributed by atoms with Crippen LogP contribution >= 0.6 is 12.4 Å². The second-order valence-electron chi connectivity index (χ2n) is 6.88. The summed E-state index contributed by atoms with van der Waals surface area (Å²) in [5.74, 6) is 0.964. The van der Waals surface area contributed by atoms with E-state index in [0.717, 1.165) is 23.3 Å². The first-order valence-corrected chi connectivity index (χ1v) is 8.70. The first-order chi connectivity index (χ1) is 12.2. The van der Waals surface area contributed by atoms with Gasteiger partial charge in [0.1, 0.15) is 17.4 Å². The van der Waals surface area contributed by atoms with E-state index in [2.05, 4.69) is 84.5 Å². The van der Waals surface area contributed by atoms with Gasteiger partial charge in [0.25, 0.3) is 0 Å². The standard InChI is InChI=1S/C22H20N2O.ClH/c1-14-8-9-16-12-21(25-20(16)11-14)22-19-7-4-10-24(19)18-6-3-5-15(2)17(18)13-23-22;/h3-12,22-23H,13H2,1-2H3;1H. The predicted molar refractivity (Wildman–Crippen MR) is 107 cm³/mol. The van der Waals surface area contributed by atoms with E-state index in [1.807, 2.05) is 0 Å². The lowest BCUT2D eigenvalue weighted by Crippen LogP contribution is -2.20. The number of benzene rings is 2. The van der Waals surface area contributed by atoms with E-state index in [0.29, 0.717) is 0 Å². The van der Waals surface area contributed by atoms with Crippen molar-refractivity contribution in [3.63, 3.8) is 0 Å². The Morgan fingerprint density at radius 3 is 2.81 bits per heavy atom. The van der Waals surface area contributed by atoms with Crippen LogP contribution in [0.5, 0.6) is 0 Å². The molecule has 0 spiro atoms. The summed E-state index contributed by atoms with van der Waals surface area (Å²) < 4.78 is 8.51. The molecule has 0 amide bonds. The normalized spacial score (nSPS) is 15.8. The molecule has 1 N–H and O–H groups in total. The third-order valence-electron chi connectivity index (χ3n) is 5.18. The van der Waals surface area contributed by atoms with Gasteiger partial charge in [0, 0.05) is 23.8 Å². The minimum Gasteiger partial charge on any atom is -0.459 e. The number of hydrogen-bond acceptors (Lipinski definition) is 2. The van der Waals surface area contributed by atoms with Crippen LogP contribution in [0.2, 0.25) is 0 Å². The maximum atomic E-state index is 6.22. The van der Waals surface area contributed by atoms with Crippen LogP contribution in [0.1, 0.15) is 34.2 Å². The average molecular weight is 365 g/mol. The lowest BCUT2D eigenvalue weighted by molar-refractivity contribution is 0.465. The Labute approximate surface area is 159 Å². The van der Waals surface area contributed by atoms with Crippen LogP contribution in [0.3, 0.4) is 0 Å². The van der Waals surface area contributed by atoms with Gasteiger partial charge in [0.15, 0.2) is 0 Å². The number of furan rings is 1. The third-order valence-corrected chi connectivity index (χ3v) is 5.18. The van der Waals surface area contributed by atoms with Gasteiger partial charge in [0.05, 0.1) is 5.69 Å². The minimum absolute atomic E-state index is 0. The molecule has 3 nitrogen and oxygen atoms in total. The molecule has 5 rings (SSSR count). The van der Waals surface area contributed by atoms with E-state index in [1.165, 1.54) is 28.1 Å². The molecule has 0 saturated heterocycles. The molecule has 1 unspecified atom stereocenters. The van der Waals surface area contributed by atoms with Crippen LogP contribution < -0.4 is 5.32 Å². The zero-order valence-corrected chi connectivity index (χ0v) is 15.6. The van der Waals surface area contributed by atoms with E-state index >= 15 is 0 Å². The zero-order chi connectivity index (χ0) is 17.0. The summed E-state index contributed by atoms with van der Waals surface area (Å²) in [6.45, 7) is 5.09. The maximum Gasteiger partial charge on any atom is 0.134 e. The second kappa shape index (κ2) is 6.35. The molecular formula is C22H21ClN2O. The Kier molecular flexibility index (Phi) is 4.14. The largest absolute Gasteiger partial charge is 0.459 e. The summed E-state index contributed by atoms with van der Waals surface area (Å²) in [4.78, 5) is 0. The number of rotatable bonds is 1. The molecule has 1 aliphatic rings. The molecule has 0 fully saturated rings. The van der Waals surface area contributed by atoms with Crippen molar-refractivity contribution < 1.29 is 4.42 Å². The molecule has 26 heavy (non-hydrogen) atoms. The predicted octanol–water partition coefficient (Wildman–Crippen LogP) is 5.45. The SMILES string of the molecule is Cc1ccc2cc(C3NCc4c(C)cccc4-n4cccc43)oc2c1.Cl. The van der Waals surface area contributed by atoms with Gasteiger partial charge >= 0.3 is 0 Å². The van der Waals surface area contributed by atoms with E-state index in [9.17, 15) is 0 Å². The Morgan fingerprint density at radius 1 is 1.04 bits per heavy atom. The minimum atomic E-state index is 0. The topological polar surface area (TPSA) is 30.1 Å². The molecular weight excluding hydrogens is 344 g/mol. The quantitative estimate of drug-likeness (QED) is 0.486. The first-order valence-electron chi connectivity index (χ1n) is 8.70. The van der Waals surface area contributed by atoms with Crippen molar-refractivity contribution in [3.05, 3.63) is 88.9 Å². The number of aryl methyl sites for hydroxylation is 2. The highest BCUT2D eigenvalue weighted by Crippen LogP contribution is 2.34. The molecule has 1 aliphatic heterocycles. The summed E-state index contributed by atoms with van der Waals surface area (Å²) in [6, 6.07) is 19.3. The summed E-state index contributed by atoms with van der Waals surface area (Å²) in [7, 11) is 0. The van der Waals surface area contributed by atoms with E-state index in [1.54, 1.807) is 0 Å². The van der Waals surface area contributed by atoms with Crippen molar-refractivity contribution in [1.29, 1.82) is 0 Å². The monoisotopic (exact) mass is 364 g/mol. The van der Waals surface area contributed by atoms with Crippen LogP contribution in [0.4, 0.5) is 0 Å². The molecule has 4 heteroatoms. The Morgan fingerprint density at radius 2 is 1.92 bits per heavy atom. The van der Waals surface area contributed by atoms with Crippen molar-refractivity contribution in [2.45, 2.75) is 26.4 Å². The Balaban J connectivity index is 0.00000168. The summed E-state index contributed by atoms with van der Waals surface area (Å²) in [6.07, 6.45) is 2.14. The Hall–Kier alpha value is -2.49. The highest BCUT2D eigenvalue weighted by molar-refractivity contribution is 5.85.